The van der Waals surface area contributed by atoms with Crippen molar-refractivity contribution in [2.24, 2.45) is 5.73 Å². The average Bonchev–Trinajstić information content (AvgIpc) is 3.00. The van der Waals surface area contributed by atoms with Crippen LogP contribution in [0.1, 0.15) is 29.2 Å². The molecule has 0 amide bonds. The lowest BCUT2D eigenvalue weighted by Gasteiger charge is -2.13. The largest absolute Gasteiger partial charge is 0.354 e. The van der Waals surface area contributed by atoms with E-state index >= 15 is 0 Å². The molecule has 28 heavy (non-hydrogen) atoms. The van der Waals surface area contributed by atoms with Crippen molar-refractivity contribution in [1.29, 1.82) is 0 Å². The van der Waals surface area contributed by atoms with E-state index in [0.29, 0.717) is 19.6 Å². The maximum absolute atomic E-state index is 13.6. The van der Waals surface area contributed by atoms with Crippen molar-refractivity contribution < 1.29 is 4.39 Å². The van der Waals surface area contributed by atoms with Gasteiger partial charge >= 0.3 is 0 Å². The summed E-state index contributed by atoms with van der Waals surface area (Å²) >= 11 is 5.98. The number of halogens is 2. The maximum atomic E-state index is 13.6. The van der Waals surface area contributed by atoms with Crippen LogP contribution in [0.5, 0.6) is 0 Å². The molecule has 0 aliphatic heterocycles. The van der Waals surface area contributed by atoms with Gasteiger partial charge in [-0.25, -0.2) is 9.37 Å². The van der Waals surface area contributed by atoms with Gasteiger partial charge in [0.2, 0.25) is 5.95 Å². The van der Waals surface area contributed by atoms with Gasteiger partial charge in [-0.2, -0.15) is 0 Å². The predicted octanol–water partition coefficient (Wildman–Crippen LogP) is 3.97. The first kappa shape index (κ1) is 20.6. The Balaban J connectivity index is 2.14. The standard InChI is InChI=1S/C21H27ClFN5/c1-4-25-11-16-14(3)13(2)9-19-20(16)27-21(26-8-7-24)28(19)12-15-5-6-18(23)17(22)10-15/h5-6,9-10,25H,4,7-8,11-12,24H2,1-3H3,(H,26,27). The Morgan fingerprint density at radius 1 is 1.25 bits per heavy atom. The Kier molecular flexibility index (Phi) is 6.54. The summed E-state index contributed by atoms with van der Waals surface area (Å²) < 4.78 is 15.7. The van der Waals surface area contributed by atoms with Gasteiger partial charge in [-0.1, -0.05) is 24.6 Å². The highest BCUT2D eigenvalue weighted by molar-refractivity contribution is 6.30. The van der Waals surface area contributed by atoms with Crippen LogP contribution in [0.15, 0.2) is 24.3 Å². The number of anilines is 1. The number of nitrogens with zero attached hydrogens (tertiary/aromatic N) is 2. The van der Waals surface area contributed by atoms with E-state index in [1.54, 1.807) is 12.1 Å². The number of aromatic nitrogens is 2. The molecule has 0 aliphatic rings. The second-order valence-electron chi connectivity index (χ2n) is 6.93. The van der Waals surface area contributed by atoms with Crippen LogP contribution in [0.25, 0.3) is 11.0 Å². The van der Waals surface area contributed by atoms with Crippen molar-refractivity contribution >= 4 is 28.6 Å². The highest BCUT2D eigenvalue weighted by Gasteiger charge is 2.17. The molecular weight excluding hydrogens is 377 g/mol. The molecule has 0 atom stereocenters. The summed E-state index contributed by atoms with van der Waals surface area (Å²) in [5.41, 5.74) is 12.3. The number of fused-ring (bicyclic) bond motifs is 1. The number of rotatable bonds is 8. The third-order valence-electron chi connectivity index (χ3n) is 4.99. The minimum absolute atomic E-state index is 0.123. The van der Waals surface area contributed by atoms with Crippen LogP contribution in [0.4, 0.5) is 10.3 Å². The first-order valence-corrected chi connectivity index (χ1v) is 9.92. The summed E-state index contributed by atoms with van der Waals surface area (Å²) in [5, 5.41) is 6.85. The van der Waals surface area contributed by atoms with Crippen LogP contribution in [0.3, 0.4) is 0 Å². The molecule has 3 rings (SSSR count). The smallest absolute Gasteiger partial charge is 0.204 e. The number of aryl methyl sites for hydroxylation is 1. The number of imidazole rings is 1. The molecule has 150 valence electrons. The number of nitrogens with one attached hydrogen (secondary N) is 2. The van der Waals surface area contributed by atoms with Gasteiger partial charge in [0.1, 0.15) is 5.82 Å². The Hall–Kier alpha value is -2.15. The molecule has 7 heteroatoms. The highest BCUT2D eigenvalue weighted by Crippen LogP contribution is 2.29. The van der Waals surface area contributed by atoms with Gasteiger partial charge in [0.25, 0.3) is 0 Å². The molecule has 0 saturated carbocycles. The van der Waals surface area contributed by atoms with E-state index in [9.17, 15) is 4.39 Å². The molecule has 5 nitrogen and oxygen atoms in total. The Morgan fingerprint density at radius 3 is 2.71 bits per heavy atom. The first-order chi connectivity index (χ1) is 13.5. The van der Waals surface area contributed by atoms with E-state index in [1.165, 1.54) is 22.8 Å². The summed E-state index contributed by atoms with van der Waals surface area (Å²) in [6.45, 7) is 9.65. The van der Waals surface area contributed by atoms with Gasteiger partial charge in [-0.05, 0) is 60.8 Å². The number of hydrogen-bond donors (Lipinski definition) is 3. The van der Waals surface area contributed by atoms with Crippen LogP contribution in [0.2, 0.25) is 5.02 Å². The molecule has 0 fully saturated rings. The summed E-state index contributed by atoms with van der Waals surface area (Å²) in [4.78, 5) is 4.89. The summed E-state index contributed by atoms with van der Waals surface area (Å²) in [6, 6.07) is 6.97. The van der Waals surface area contributed by atoms with Gasteiger partial charge in [0.05, 0.1) is 22.6 Å². The van der Waals surface area contributed by atoms with E-state index in [2.05, 4.69) is 42.0 Å². The lowest BCUT2D eigenvalue weighted by atomic mass is 10.0. The summed E-state index contributed by atoms with van der Waals surface area (Å²) in [7, 11) is 0. The molecule has 0 bridgehead atoms. The van der Waals surface area contributed by atoms with E-state index < -0.39 is 5.82 Å². The maximum Gasteiger partial charge on any atom is 0.204 e. The fraction of sp³-hybridized carbons (Fsp3) is 0.381. The van der Waals surface area contributed by atoms with Crippen molar-refractivity contribution in [3.8, 4) is 0 Å². The van der Waals surface area contributed by atoms with E-state index in [4.69, 9.17) is 22.3 Å². The third kappa shape index (κ3) is 4.14. The zero-order chi connectivity index (χ0) is 20.3. The van der Waals surface area contributed by atoms with Crippen molar-refractivity contribution in [1.82, 2.24) is 14.9 Å². The second kappa shape index (κ2) is 8.90. The molecular formula is C21H27ClFN5. The molecule has 0 saturated heterocycles. The van der Waals surface area contributed by atoms with Gasteiger partial charge in [0.15, 0.2) is 0 Å². The minimum atomic E-state index is -0.415. The van der Waals surface area contributed by atoms with E-state index in [1.807, 2.05) is 0 Å². The highest BCUT2D eigenvalue weighted by atomic mass is 35.5. The van der Waals surface area contributed by atoms with Gasteiger partial charge in [0, 0.05) is 19.6 Å². The van der Waals surface area contributed by atoms with Crippen molar-refractivity contribution in [2.45, 2.75) is 33.9 Å². The topological polar surface area (TPSA) is 67.9 Å². The van der Waals surface area contributed by atoms with Gasteiger partial charge < -0.3 is 20.9 Å². The SMILES string of the molecule is CCNCc1c(C)c(C)cc2c1nc(NCCN)n2Cc1ccc(F)c(Cl)c1. The average molecular weight is 404 g/mol. The zero-order valence-corrected chi connectivity index (χ0v) is 17.3. The second-order valence-corrected chi connectivity index (χ2v) is 7.34. The molecule has 2 aromatic carbocycles. The molecule has 1 aromatic heterocycles. The Morgan fingerprint density at radius 2 is 2.04 bits per heavy atom. The fourth-order valence-electron chi connectivity index (χ4n) is 3.33. The lowest BCUT2D eigenvalue weighted by Crippen LogP contribution is -2.16. The molecule has 0 spiro atoms. The third-order valence-corrected chi connectivity index (χ3v) is 5.28. The fourth-order valence-corrected chi connectivity index (χ4v) is 3.53. The number of hydrogen-bond acceptors (Lipinski definition) is 4. The molecule has 4 N–H and O–H groups in total. The van der Waals surface area contributed by atoms with Crippen molar-refractivity contribution in [3.63, 3.8) is 0 Å². The number of nitrogens with two attached hydrogens (primary N) is 1. The Labute approximate surface area is 170 Å². The number of benzene rings is 2. The molecule has 3 aromatic rings. The zero-order valence-electron chi connectivity index (χ0n) is 16.6. The monoisotopic (exact) mass is 403 g/mol. The van der Waals surface area contributed by atoms with Crippen LogP contribution in [-0.2, 0) is 13.1 Å². The van der Waals surface area contributed by atoms with Crippen molar-refractivity contribution in [3.05, 3.63) is 57.4 Å². The lowest BCUT2D eigenvalue weighted by molar-refractivity contribution is 0.627. The van der Waals surface area contributed by atoms with Crippen LogP contribution in [-0.4, -0.2) is 29.2 Å². The quantitative estimate of drug-likeness (QED) is 0.532. The van der Waals surface area contributed by atoms with Crippen molar-refractivity contribution in [2.75, 3.05) is 25.0 Å². The van der Waals surface area contributed by atoms with E-state index in [0.717, 1.165) is 35.6 Å². The summed E-state index contributed by atoms with van der Waals surface area (Å²) in [6.07, 6.45) is 0. The minimum Gasteiger partial charge on any atom is -0.354 e. The normalized spacial score (nSPS) is 11.4. The van der Waals surface area contributed by atoms with Gasteiger partial charge in [-0.3, -0.25) is 0 Å². The summed E-state index contributed by atoms with van der Waals surface area (Å²) in [5.74, 6) is 0.338. The van der Waals surface area contributed by atoms with Crippen LogP contribution >= 0.6 is 11.6 Å². The molecule has 1 heterocycles. The molecule has 0 radical (unpaired) electrons. The van der Waals surface area contributed by atoms with Gasteiger partial charge in [-0.15, -0.1) is 0 Å². The Bertz CT molecular complexity index is 983. The first-order valence-electron chi connectivity index (χ1n) is 9.54. The molecule has 0 aliphatic carbocycles. The van der Waals surface area contributed by atoms with Crippen LogP contribution in [0, 0.1) is 19.7 Å². The van der Waals surface area contributed by atoms with Crippen LogP contribution < -0.4 is 16.4 Å². The van der Waals surface area contributed by atoms with E-state index in [-0.39, 0.29) is 5.02 Å². The molecule has 0 unspecified atom stereocenters. The predicted molar refractivity (Wildman–Crippen MR) is 115 cm³/mol.